The normalized spacial score (nSPS) is 40.0. The van der Waals surface area contributed by atoms with E-state index >= 15 is 0 Å². The second-order valence-electron chi connectivity index (χ2n) is 10.4. The number of esters is 2. The third kappa shape index (κ3) is 3.57. The maximum absolute atomic E-state index is 12.8. The Kier molecular flexibility index (Phi) is 5.74. The van der Waals surface area contributed by atoms with Crippen molar-refractivity contribution in [3.63, 3.8) is 0 Å². The third-order valence-corrected chi connectivity index (χ3v) is 8.19. The van der Waals surface area contributed by atoms with Crippen LogP contribution >= 0.6 is 0 Å². The van der Waals surface area contributed by atoms with Gasteiger partial charge in [0.2, 0.25) is 0 Å². The van der Waals surface area contributed by atoms with Crippen molar-refractivity contribution in [3.05, 3.63) is 42.0 Å². The van der Waals surface area contributed by atoms with Crippen molar-refractivity contribution in [1.82, 2.24) is 0 Å². The molecule has 0 aromatic heterocycles. The van der Waals surface area contributed by atoms with E-state index in [-0.39, 0.29) is 11.8 Å². The minimum atomic E-state index is -1.01. The zero-order valence-corrected chi connectivity index (χ0v) is 19.5. The second-order valence-corrected chi connectivity index (χ2v) is 10.4. The van der Waals surface area contributed by atoms with Gasteiger partial charge in [-0.25, -0.2) is 4.79 Å². The molecule has 1 saturated heterocycles. The summed E-state index contributed by atoms with van der Waals surface area (Å²) in [5.41, 5.74) is -1.07. The molecular formula is C26H34O6. The van der Waals surface area contributed by atoms with Crippen LogP contribution in [0.1, 0.15) is 59.4 Å². The summed E-state index contributed by atoms with van der Waals surface area (Å²) in [6.07, 6.45) is 2.80. The van der Waals surface area contributed by atoms with Crippen molar-refractivity contribution in [2.24, 2.45) is 17.3 Å². The van der Waals surface area contributed by atoms with E-state index < -0.39 is 46.9 Å². The van der Waals surface area contributed by atoms with E-state index in [1.807, 2.05) is 37.3 Å². The molecule has 1 aliphatic heterocycles. The highest BCUT2D eigenvalue weighted by Crippen LogP contribution is 2.66. The summed E-state index contributed by atoms with van der Waals surface area (Å²) in [7, 11) is 0. The molecule has 174 valence electrons. The molecule has 2 aliphatic carbocycles. The smallest absolute Gasteiger partial charge is 0.331 e. The molecule has 1 spiro atoms. The fourth-order valence-electron chi connectivity index (χ4n) is 6.41. The minimum absolute atomic E-state index is 0.0193. The minimum Gasteiger partial charge on any atom is -0.460 e. The van der Waals surface area contributed by atoms with Gasteiger partial charge in [0.25, 0.3) is 0 Å². The number of hydrogen-bond acceptors (Lipinski definition) is 6. The van der Waals surface area contributed by atoms with Crippen molar-refractivity contribution in [2.75, 3.05) is 0 Å². The van der Waals surface area contributed by atoms with Gasteiger partial charge in [-0.1, -0.05) is 44.2 Å². The molecular weight excluding hydrogens is 408 g/mol. The summed E-state index contributed by atoms with van der Waals surface area (Å²) >= 11 is 0. The van der Waals surface area contributed by atoms with Crippen molar-refractivity contribution in [2.45, 2.75) is 83.4 Å². The Labute approximate surface area is 189 Å². The van der Waals surface area contributed by atoms with Crippen LogP contribution in [0, 0.1) is 17.3 Å². The lowest BCUT2D eigenvalue weighted by atomic mass is 9.49. The Bertz CT molecular complexity index is 908. The Balaban J connectivity index is 1.66. The number of fused-ring (bicyclic) bond motifs is 1. The van der Waals surface area contributed by atoms with E-state index in [0.717, 1.165) is 12.0 Å². The fraction of sp³-hybridized carbons (Fsp3) is 0.615. The van der Waals surface area contributed by atoms with Crippen LogP contribution in [0.4, 0.5) is 0 Å². The SMILES string of the molecule is CC(=O)O[C@H]1C[C@@H](C)[C@@]23C[C@@H](C[C@H](OC(=O)/C=C\c4ccccc4)[C@]2(C)[C@H]1O)C(C)(C)O3. The molecule has 4 rings (SSSR count). The summed E-state index contributed by atoms with van der Waals surface area (Å²) in [6.45, 7) is 9.51. The molecule has 6 heteroatoms. The van der Waals surface area contributed by atoms with E-state index in [9.17, 15) is 14.7 Å². The van der Waals surface area contributed by atoms with E-state index in [1.54, 1.807) is 6.08 Å². The molecule has 32 heavy (non-hydrogen) atoms. The molecule has 6 nitrogen and oxygen atoms in total. The maximum atomic E-state index is 12.8. The van der Waals surface area contributed by atoms with Gasteiger partial charge in [-0.3, -0.25) is 4.79 Å². The summed E-state index contributed by atoms with van der Waals surface area (Å²) in [4.78, 5) is 24.5. The van der Waals surface area contributed by atoms with Crippen LogP contribution in [0.15, 0.2) is 36.4 Å². The molecule has 1 N–H and O–H groups in total. The van der Waals surface area contributed by atoms with Crippen LogP contribution in [-0.2, 0) is 23.8 Å². The van der Waals surface area contributed by atoms with Crippen molar-refractivity contribution < 1.29 is 28.9 Å². The van der Waals surface area contributed by atoms with Crippen LogP contribution in [0.25, 0.3) is 6.08 Å². The highest BCUT2D eigenvalue weighted by molar-refractivity contribution is 5.87. The van der Waals surface area contributed by atoms with Crippen molar-refractivity contribution >= 4 is 18.0 Å². The lowest BCUT2D eigenvalue weighted by Crippen LogP contribution is -2.70. The number of rotatable bonds is 4. The van der Waals surface area contributed by atoms with Gasteiger partial charge in [0.1, 0.15) is 18.3 Å². The monoisotopic (exact) mass is 442 g/mol. The number of carbonyl (C=O) groups excluding carboxylic acids is 2. The molecule has 1 aromatic rings. The predicted molar refractivity (Wildman–Crippen MR) is 119 cm³/mol. The number of benzene rings is 1. The summed E-state index contributed by atoms with van der Waals surface area (Å²) in [5, 5.41) is 11.5. The molecule has 3 fully saturated rings. The van der Waals surface area contributed by atoms with Crippen LogP contribution in [0.3, 0.4) is 0 Å². The molecule has 0 unspecified atom stereocenters. The van der Waals surface area contributed by atoms with Crippen LogP contribution < -0.4 is 0 Å². The van der Waals surface area contributed by atoms with Crippen LogP contribution in [-0.4, -0.2) is 46.6 Å². The van der Waals surface area contributed by atoms with Gasteiger partial charge in [-0.05, 0) is 56.6 Å². The lowest BCUT2D eigenvalue weighted by molar-refractivity contribution is -0.281. The fourth-order valence-corrected chi connectivity index (χ4v) is 6.41. The molecule has 1 aromatic carbocycles. The number of carbonyl (C=O) groups is 2. The standard InChI is InChI=1S/C26H34O6/c1-16-13-20(30-17(2)27)23(29)25(5)21(14-19-15-26(16,25)32-24(19,3)4)31-22(28)12-11-18-9-7-6-8-10-18/h6-12,16,19-21,23,29H,13-15H2,1-5H3/b12-11-/t16-,19-,20+,21+,23+,25-,26+/m1/s1. The highest BCUT2D eigenvalue weighted by atomic mass is 16.6. The Morgan fingerprint density at radius 3 is 2.47 bits per heavy atom. The summed E-state index contributed by atoms with van der Waals surface area (Å²) < 4.78 is 18.3. The zero-order valence-electron chi connectivity index (χ0n) is 19.5. The predicted octanol–water partition coefficient (Wildman–Crippen LogP) is 3.91. The molecule has 0 radical (unpaired) electrons. The van der Waals surface area contributed by atoms with Gasteiger partial charge in [-0.15, -0.1) is 0 Å². The van der Waals surface area contributed by atoms with Gasteiger partial charge >= 0.3 is 11.9 Å². The van der Waals surface area contributed by atoms with Crippen molar-refractivity contribution in [1.29, 1.82) is 0 Å². The first-order chi connectivity index (χ1) is 15.0. The average Bonchev–Trinajstić information content (AvgIpc) is 2.97. The zero-order chi connectivity index (χ0) is 23.3. The lowest BCUT2D eigenvalue weighted by Gasteiger charge is -2.60. The van der Waals surface area contributed by atoms with Crippen molar-refractivity contribution in [3.8, 4) is 0 Å². The third-order valence-electron chi connectivity index (χ3n) is 8.19. The maximum Gasteiger partial charge on any atom is 0.331 e. The van der Waals surface area contributed by atoms with Gasteiger partial charge in [0.05, 0.1) is 16.6 Å². The molecule has 2 bridgehead atoms. The molecule has 7 atom stereocenters. The van der Waals surface area contributed by atoms with E-state index in [4.69, 9.17) is 14.2 Å². The van der Waals surface area contributed by atoms with Gasteiger partial charge in [0.15, 0.2) is 0 Å². The van der Waals surface area contributed by atoms with Gasteiger partial charge in [-0.2, -0.15) is 0 Å². The average molecular weight is 443 g/mol. The van der Waals surface area contributed by atoms with E-state index in [2.05, 4.69) is 20.8 Å². The first kappa shape index (κ1) is 23.0. The van der Waals surface area contributed by atoms with Crippen LogP contribution in [0.2, 0.25) is 0 Å². The Morgan fingerprint density at radius 1 is 1.12 bits per heavy atom. The van der Waals surface area contributed by atoms with Gasteiger partial charge in [0, 0.05) is 13.0 Å². The molecule has 1 heterocycles. The number of aliphatic hydroxyl groups is 1. The number of aliphatic hydroxyl groups excluding tert-OH is 1. The molecule has 2 saturated carbocycles. The molecule has 3 aliphatic rings. The summed E-state index contributed by atoms with van der Waals surface area (Å²) in [5.74, 6) is -0.664. The summed E-state index contributed by atoms with van der Waals surface area (Å²) in [6, 6.07) is 9.55. The first-order valence-corrected chi connectivity index (χ1v) is 11.5. The topological polar surface area (TPSA) is 82.1 Å². The first-order valence-electron chi connectivity index (χ1n) is 11.5. The highest BCUT2D eigenvalue weighted by Gasteiger charge is 2.74. The van der Waals surface area contributed by atoms with Crippen LogP contribution in [0.5, 0.6) is 0 Å². The second kappa shape index (κ2) is 7.99. The van der Waals surface area contributed by atoms with E-state index in [1.165, 1.54) is 13.0 Å². The molecule has 0 amide bonds. The van der Waals surface area contributed by atoms with E-state index in [0.29, 0.717) is 12.8 Å². The quantitative estimate of drug-likeness (QED) is 0.562. The van der Waals surface area contributed by atoms with Gasteiger partial charge < -0.3 is 19.3 Å². The number of hydrogen-bond donors (Lipinski definition) is 1. The Hall–Kier alpha value is -2.18. The number of ether oxygens (including phenoxy) is 3. The Morgan fingerprint density at radius 2 is 1.81 bits per heavy atom. The largest absolute Gasteiger partial charge is 0.460 e.